The Bertz CT molecular complexity index is 2540. The Kier molecular flexibility index (Phi) is 26.9. The van der Waals surface area contributed by atoms with Crippen molar-refractivity contribution in [2.75, 3.05) is 6.54 Å². The maximum atomic E-state index is 13.9. The molecular formula is C55H82N2O16S3. The highest BCUT2D eigenvalue weighted by atomic mass is 32.3. The highest BCUT2D eigenvalue weighted by Crippen LogP contribution is 2.44. The number of hydrogen-bond donors (Lipinski definition) is 4. The number of nitrogens with zero attached hydrogens (tertiary/aromatic N) is 1. The normalized spacial score (nSPS) is 17.1. The zero-order valence-electron chi connectivity index (χ0n) is 44.1. The van der Waals surface area contributed by atoms with Crippen LogP contribution >= 0.6 is 0 Å². The van der Waals surface area contributed by atoms with E-state index in [2.05, 4.69) is 18.3 Å². The van der Waals surface area contributed by atoms with E-state index in [4.69, 9.17) is 22.0 Å². The van der Waals surface area contributed by atoms with Gasteiger partial charge in [-0.1, -0.05) is 177 Å². The first-order valence-electron chi connectivity index (χ1n) is 27.4. The molecule has 18 nitrogen and oxygen atoms in total. The largest absolute Gasteiger partial charge is 0.489 e. The topological polar surface area (TPSA) is 259 Å². The van der Waals surface area contributed by atoms with Crippen LogP contribution < -0.4 is 14.8 Å². The van der Waals surface area contributed by atoms with Crippen LogP contribution in [0.2, 0.25) is 0 Å². The Hall–Kier alpha value is -4.19. The van der Waals surface area contributed by atoms with Gasteiger partial charge in [-0.05, 0) is 74.1 Å². The van der Waals surface area contributed by atoms with Crippen LogP contribution in [0, 0.1) is 0 Å². The average Bonchev–Trinajstić information content (AvgIpc) is 3.38. The van der Waals surface area contributed by atoms with E-state index < -0.39 is 55.6 Å². The third kappa shape index (κ3) is 24.2. The molecule has 0 spiro atoms. The van der Waals surface area contributed by atoms with Gasteiger partial charge in [-0.15, -0.1) is 0 Å². The predicted octanol–water partition coefficient (Wildman–Crippen LogP) is 11.1. The highest BCUT2D eigenvalue weighted by molar-refractivity contribution is 7.81. The van der Waals surface area contributed by atoms with E-state index in [-0.39, 0.29) is 43.5 Å². The maximum absolute atomic E-state index is 13.9. The van der Waals surface area contributed by atoms with Crippen molar-refractivity contribution in [2.24, 2.45) is 0 Å². The molecule has 1 saturated heterocycles. The summed E-state index contributed by atoms with van der Waals surface area (Å²) in [4.78, 5) is 28.9. The molecule has 0 saturated carbocycles. The van der Waals surface area contributed by atoms with Crippen molar-refractivity contribution in [3.63, 3.8) is 0 Å². The molecule has 76 heavy (non-hydrogen) atoms. The van der Waals surface area contributed by atoms with E-state index in [0.717, 1.165) is 111 Å². The minimum atomic E-state index is -5.13. The fourth-order valence-corrected chi connectivity index (χ4v) is 11.9. The molecule has 2 aliphatic heterocycles. The molecule has 4 N–H and O–H groups in total. The fraction of sp³-hybridized carbons (Fsp3) is 0.636. The van der Waals surface area contributed by atoms with Crippen LogP contribution in [0.15, 0.2) is 72.8 Å². The van der Waals surface area contributed by atoms with Gasteiger partial charge in [-0.2, -0.15) is 25.3 Å². The standard InChI is InChI=1S/C55H82N2O16S3/c1-2-3-4-5-6-12-15-24-31-50(72-75(63,64)65)51(73-76(66,67)68)36-33-46(71-74(60,61)62)30-23-14-11-9-7-8-10-13-16-25-32-53(58)56-48-34-35-49-54-45(37-38-57(49)55(48)59)39-47(69-41-43-26-19-17-20-27-43)40-52(54)70-42-44-28-21-18-22-29-44/h17-22,26-29,39-40,46,48-51H,2-16,23-25,30-38,41-42H2,1H3,(H,56,58)(H,60,61,62)(H,63,64,65)(H,66,67,68)/t46-,48-,49-,50-,51-/m0/s1. The lowest BCUT2D eigenvalue weighted by atomic mass is 9.84. The van der Waals surface area contributed by atoms with Crippen molar-refractivity contribution >= 4 is 43.0 Å². The molecule has 426 valence electrons. The summed E-state index contributed by atoms with van der Waals surface area (Å²) in [6.07, 6.45) is 13.3. The van der Waals surface area contributed by atoms with Crippen LogP contribution in [0.1, 0.15) is 196 Å². The van der Waals surface area contributed by atoms with Gasteiger partial charge in [-0.3, -0.25) is 23.2 Å². The van der Waals surface area contributed by atoms with Crippen molar-refractivity contribution < 1.29 is 70.5 Å². The molecule has 21 heteroatoms. The zero-order valence-corrected chi connectivity index (χ0v) is 46.6. The van der Waals surface area contributed by atoms with Crippen LogP contribution in [0.3, 0.4) is 0 Å². The van der Waals surface area contributed by atoms with Gasteiger partial charge >= 0.3 is 31.2 Å². The summed E-state index contributed by atoms with van der Waals surface area (Å²) in [5.74, 6) is 1.23. The minimum absolute atomic E-state index is 0.0418. The van der Waals surface area contributed by atoms with Gasteiger partial charge in [0.25, 0.3) is 0 Å². The van der Waals surface area contributed by atoms with Gasteiger partial charge in [0.2, 0.25) is 11.8 Å². The first kappa shape index (κ1) is 62.7. The summed E-state index contributed by atoms with van der Waals surface area (Å²) in [5.41, 5.74) is 4.21. The molecular weight excluding hydrogens is 1040 g/mol. The molecule has 0 aliphatic carbocycles. The molecule has 5 atom stereocenters. The molecule has 2 amide bonds. The highest BCUT2D eigenvalue weighted by Gasteiger charge is 2.41. The number of benzene rings is 3. The van der Waals surface area contributed by atoms with Crippen LogP contribution in [-0.4, -0.2) is 86.5 Å². The molecule has 2 aliphatic rings. The number of carbonyl (C=O) groups excluding carboxylic acids is 2. The second kappa shape index (κ2) is 32.6. The molecule has 0 bridgehead atoms. The number of amides is 2. The van der Waals surface area contributed by atoms with Crippen molar-refractivity contribution in [3.05, 3.63) is 95.1 Å². The third-order valence-electron chi connectivity index (χ3n) is 14.1. The Morgan fingerprint density at radius 1 is 0.605 bits per heavy atom. The lowest BCUT2D eigenvalue weighted by Gasteiger charge is -2.44. The number of ether oxygens (including phenoxy) is 2. The van der Waals surface area contributed by atoms with Crippen LogP contribution in [0.5, 0.6) is 11.5 Å². The van der Waals surface area contributed by atoms with Crippen LogP contribution in [-0.2, 0) is 73.0 Å². The second-order valence-corrected chi connectivity index (χ2v) is 23.4. The van der Waals surface area contributed by atoms with E-state index in [1.54, 1.807) is 0 Å². The lowest BCUT2D eigenvalue weighted by molar-refractivity contribution is -0.142. The summed E-state index contributed by atoms with van der Waals surface area (Å²) in [5, 5.41) is 3.03. The average molecular weight is 1120 g/mol. The number of carbonyl (C=O) groups is 2. The monoisotopic (exact) mass is 1120 g/mol. The van der Waals surface area contributed by atoms with Crippen LogP contribution in [0.4, 0.5) is 0 Å². The summed E-state index contributed by atoms with van der Waals surface area (Å²) >= 11 is 0. The van der Waals surface area contributed by atoms with E-state index in [1.807, 2.05) is 71.6 Å². The van der Waals surface area contributed by atoms with E-state index in [1.165, 1.54) is 0 Å². The molecule has 1 fully saturated rings. The molecule has 0 radical (unpaired) electrons. The van der Waals surface area contributed by atoms with E-state index in [9.17, 15) is 48.5 Å². The maximum Gasteiger partial charge on any atom is 0.397 e. The first-order valence-corrected chi connectivity index (χ1v) is 31.5. The van der Waals surface area contributed by atoms with E-state index >= 15 is 0 Å². The van der Waals surface area contributed by atoms with Crippen molar-refractivity contribution in [3.8, 4) is 11.5 Å². The molecule has 2 heterocycles. The first-order chi connectivity index (χ1) is 36.4. The van der Waals surface area contributed by atoms with Gasteiger partial charge < -0.3 is 19.7 Å². The number of hydrogen-bond acceptors (Lipinski definition) is 13. The second-order valence-electron chi connectivity index (χ2n) is 20.2. The van der Waals surface area contributed by atoms with Crippen molar-refractivity contribution in [1.82, 2.24) is 10.2 Å². The minimum Gasteiger partial charge on any atom is -0.489 e. The summed E-state index contributed by atoms with van der Waals surface area (Å²) in [6.45, 7) is 3.45. The number of nitrogens with one attached hydrogen (secondary N) is 1. The lowest BCUT2D eigenvalue weighted by Crippen LogP contribution is -2.55. The number of piperidine rings is 1. The van der Waals surface area contributed by atoms with E-state index in [0.29, 0.717) is 83.3 Å². The smallest absolute Gasteiger partial charge is 0.397 e. The third-order valence-corrected chi connectivity index (χ3v) is 15.6. The van der Waals surface area contributed by atoms with Crippen molar-refractivity contribution in [2.45, 2.75) is 217 Å². The summed E-state index contributed by atoms with van der Waals surface area (Å²) in [6, 6.07) is 23.2. The molecule has 0 aromatic heterocycles. The zero-order chi connectivity index (χ0) is 54.8. The number of rotatable bonds is 39. The fourth-order valence-electron chi connectivity index (χ4n) is 10.3. The van der Waals surface area contributed by atoms with Gasteiger partial charge in [0.05, 0.1) is 12.1 Å². The van der Waals surface area contributed by atoms with Crippen LogP contribution in [0.25, 0.3) is 0 Å². The summed E-state index contributed by atoms with van der Waals surface area (Å²) < 4.78 is 126. The Morgan fingerprint density at radius 3 is 1.66 bits per heavy atom. The quantitative estimate of drug-likeness (QED) is 0.0306. The SMILES string of the molecule is CCCCCCCCCC[C@H](OS(=O)(=O)O)[C@H](CC[C@H](CCCCCCCCCCCCC(=O)N[C@H]1CC[C@H]2c3c(cc(OCc4ccccc4)cc3OCc3ccccc3)CCN2C1=O)OS(=O)(=O)O)OS(=O)(=O)O. The van der Waals surface area contributed by atoms with Gasteiger partial charge in [0.15, 0.2) is 0 Å². The molecule has 3 aromatic rings. The summed E-state index contributed by atoms with van der Waals surface area (Å²) in [7, 11) is -15.1. The molecule has 0 unspecified atom stereocenters. The Morgan fingerprint density at radius 2 is 1.11 bits per heavy atom. The van der Waals surface area contributed by atoms with Gasteiger partial charge in [-0.25, -0.2) is 12.5 Å². The van der Waals surface area contributed by atoms with Gasteiger partial charge in [0, 0.05) is 24.6 Å². The Balaban J connectivity index is 0.982. The number of fused-ring (bicyclic) bond motifs is 3. The molecule has 3 aromatic carbocycles. The molecule has 5 rings (SSSR count). The Labute approximate surface area is 452 Å². The van der Waals surface area contributed by atoms with Gasteiger partial charge in [0.1, 0.15) is 43.0 Å². The van der Waals surface area contributed by atoms with Crippen molar-refractivity contribution in [1.29, 1.82) is 0 Å². The predicted molar refractivity (Wildman–Crippen MR) is 288 cm³/mol. The number of unbranched alkanes of at least 4 members (excludes halogenated alkanes) is 16.